The highest BCUT2D eigenvalue weighted by molar-refractivity contribution is 6.07. The second-order valence-electron chi connectivity index (χ2n) is 7.16. The number of nitrogens with zero attached hydrogens (tertiary/aromatic N) is 3. The van der Waals surface area contributed by atoms with Crippen molar-refractivity contribution in [3.05, 3.63) is 92.6 Å². The van der Waals surface area contributed by atoms with E-state index in [1.54, 1.807) is 0 Å². The number of anilines is 2. The van der Waals surface area contributed by atoms with E-state index >= 15 is 0 Å². The van der Waals surface area contributed by atoms with Gasteiger partial charge in [0, 0.05) is 13.5 Å². The first-order valence-electron chi connectivity index (χ1n) is 9.68. The molecule has 1 unspecified atom stereocenters. The lowest BCUT2D eigenvalue weighted by Gasteiger charge is -2.22. The molecule has 1 atom stereocenters. The molecule has 0 radical (unpaired) electrons. The molecule has 2 aromatic carbocycles. The van der Waals surface area contributed by atoms with Gasteiger partial charge in [0.05, 0.1) is 12.3 Å². The number of carbonyl (C=O) groups excluding carboxylic acids is 1. The monoisotopic (exact) mass is 419 g/mol. The van der Waals surface area contributed by atoms with Crippen LogP contribution >= 0.6 is 0 Å². The van der Waals surface area contributed by atoms with Gasteiger partial charge in [0.15, 0.2) is 5.69 Å². The van der Waals surface area contributed by atoms with E-state index in [1.165, 1.54) is 11.6 Å². The molecule has 158 valence electrons. The molecule has 1 aliphatic rings. The predicted octanol–water partition coefficient (Wildman–Crippen LogP) is 1.32. The summed E-state index contributed by atoms with van der Waals surface area (Å²) >= 11 is 0. The van der Waals surface area contributed by atoms with Gasteiger partial charge < -0.3 is 15.5 Å². The van der Waals surface area contributed by atoms with Gasteiger partial charge in [0.1, 0.15) is 5.82 Å². The number of hydrogen-bond acceptors (Lipinski definition) is 6. The zero-order valence-electron chi connectivity index (χ0n) is 16.8. The van der Waals surface area contributed by atoms with Crippen LogP contribution in [0.5, 0.6) is 0 Å². The summed E-state index contributed by atoms with van der Waals surface area (Å²) in [6, 6.07) is 18.6. The van der Waals surface area contributed by atoms with Gasteiger partial charge in [-0.15, -0.1) is 0 Å². The maximum Gasteiger partial charge on any atom is 0.330 e. The molecule has 9 nitrogen and oxygen atoms in total. The minimum atomic E-state index is -0.895. The highest BCUT2D eigenvalue weighted by Crippen LogP contribution is 2.22. The van der Waals surface area contributed by atoms with Crippen LogP contribution in [0.4, 0.5) is 11.5 Å². The first kappa shape index (κ1) is 20.1. The topological polar surface area (TPSA) is 123 Å². The Morgan fingerprint density at radius 3 is 2.48 bits per heavy atom. The Kier molecular flexibility index (Phi) is 5.40. The van der Waals surface area contributed by atoms with E-state index in [2.05, 4.69) is 10.1 Å². The molecule has 9 heteroatoms. The summed E-state index contributed by atoms with van der Waals surface area (Å²) in [6.45, 7) is 0.151. The zero-order valence-corrected chi connectivity index (χ0v) is 16.8. The number of nitrogen functional groups attached to an aromatic ring is 1. The van der Waals surface area contributed by atoms with Crippen molar-refractivity contribution >= 4 is 23.1 Å². The molecular weight excluding hydrogens is 398 g/mol. The van der Waals surface area contributed by atoms with Crippen molar-refractivity contribution in [3.8, 4) is 0 Å². The maximum absolute atomic E-state index is 13.0. The van der Waals surface area contributed by atoms with Crippen LogP contribution in [0, 0.1) is 0 Å². The van der Waals surface area contributed by atoms with Crippen LogP contribution in [0.1, 0.15) is 17.5 Å². The molecular formula is C22H21N5O4. The van der Waals surface area contributed by atoms with Crippen molar-refractivity contribution in [2.45, 2.75) is 19.1 Å². The van der Waals surface area contributed by atoms with E-state index in [9.17, 15) is 14.4 Å². The highest BCUT2D eigenvalue weighted by atomic mass is 16.6. The number of rotatable bonds is 5. The van der Waals surface area contributed by atoms with Crippen molar-refractivity contribution in [1.29, 1.82) is 0 Å². The molecule has 31 heavy (non-hydrogen) atoms. The lowest BCUT2D eigenvalue weighted by atomic mass is 10.0. The number of benzene rings is 2. The van der Waals surface area contributed by atoms with E-state index < -0.39 is 23.3 Å². The van der Waals surface area contributed by atoms with Crippen molar-refractivity contribution in [2.24, 2.45) is 5.16 Å². The minimum Gasteiger partial charge on any atom is -0.383 e. The summed E-state index contributed by atoms with van der Waals surface area (Å²) in [7, 11) is 1.42. The van der Waals surface area contributed by atoms with Gasteiger partial charge in [0.2, 0.25) is 6.10 Å². The van der Waals surface area contributed by atoms with Crippen molar-refractivity contribution in [1.82, 2.24) is 9.55 Å². The summed E-state index contributed by atoms with van der Waals surface area (Å²) in [6.07, 6.45) is -0.636. The van der Waals surface area contributed by atoms with Gasteiger partial charge in [-0.05, 0) is 11.1 Å². The molecule has 0 aliphatic carbocycles. The minimum absolute atomic E-state index is 0.101. The number of hydrogen-bond donors (Lipinski definition) is 2. The van der Waals surface area contributed by atoms with Crippen molar-refractivity contribution in [2.75, 3.05) is 17.7 Å². The van der Waals surface area contributed by atoms with Crippen LogP contribution in [-0.2, 0) is 16.2 Å². The van der Waals surface area contributed by atoms with Crippen molar-refractivity contribution in [3.63, 3.8) is 0 Å². The van der Waals surface area contributed by atoms with Gasteiger partial charge >= 0.3 is 5.69 Å². The molecule has 3 aromatic rings. The maximum atomic E-state index is 13.0. The van der Waals surface area contributed by atoms with Gasteiger partial charge in [0.25, 0.3) is 11.5 Å². The molecule has 3 N–H and O–H groups in total. The molecule has 1 amide bonds. The summed E-state index contributed by atoms with van der Waals surface area (Å²) in [5.74, 6) is -0.590. The van der Waals surface area contributed by atoms with Gasteiger partial charge in [-0.25, -0.2) is 4.79 Å². The average molecular weight is 419 g/mol. The third-order valence-electron chi connectivity index (χ3n) is 5.11. The molecule has 4 rings (SSSR count). The number of likely N-dealkylation sites (N-methyl/N-ethyl adjacent to an activating group) is 1. The van der Waals surface area contributed by atoms with E-state index in [0.29, 0.717) is 5.71 Å². The van der Waals surface area contributed by atoms with Gasteiger partial charge in [-0.1, -0.05) is 65.8 Å². The first-order valence-corrected chi connectivity index (χ1v) is 9.68. The normalized spacial score (nSPS) is 15.3. The number of aromatic nitrogens is 2. The summed E-state index contributed by atoms with van der Waals surface area (Å²) in [4.78, 5) is 46.5. The van der Waals surface area contributed by atoms with Crippen LogP contribution in [0.25, 0.3) is 0 Å². The molecule has 0 bridgehead atoms. The fraction of sp³-hybridized carbons (Fsp3) is 0.182. The molecule has 1 aliphatic heterocycles. The standard InChI is InChI=1S/C22H21N5O4/c1-26(21(29)17-12-16(25-31-17)15-10-6-3-7-11-15)18-19(23)27(22(30)24-20(18)28)13-14-8-4-2-5-9-14/h2-11,17H,12-13,23H2,1H3,(H,24,28,30). The van der Waals surface area contributed by atoms with E-state index in [0.717, 1.165) is 16.0 Å². The number of carbonyl (C=O) groups is 1. The molecule has 0 spiro atoms. The summed E-state index contributed by atoms with van der Waals surface area (Å²) in [5.41, 5.74) is 6.98. The summed E-state index contributed by atoms with van der Waals surface area (Å²) in [5, 5.41) is 4.01. The number of aromatic amines is 1. The second kappa shape index (κ2) is 8.31. The molecule has 0 fully saturated rings. The largest absolute Gasteiger partial charge is 0.383 e. The number of amides is 1. The summed E-state index contributed by atoms with van der Waals surface area (Å²) < 4.78 is 1.22. The Balaban J connectivity index is 1.59. The lowest BCUT2D eigenvalue weighted by molar-refractivity contribution is -0.128. The number of nitrogens with one attached hydrogen (secondary N) is 1. The Morgan fingerprint density at radius 1 is 1.16 bits per heavy atom. The fourth-order valence-corrected chi connectivity index (χ4v) is 3.46. The van der Waals surface area contributed by atoms with Crippen LogP contribution in [0.15, 0.2) is 75.4 Å². The lowest BCUT2D eigenvalue weighted by Crippen LogP contribution is -2.43. The average Bonchev–Trinajstić information content (AvgIpc) is 3.27. The number of nitrogens with two attached hydrogens (primary N) is 1. The number of oxime groups is 1. The van der Waals surface area contributed by atoms with Crippen molar-refractivity contribution < 1.29 is 9.63 Å². The molecule has 0 saturated carbocycles. The van der Waals surface area contributed by atoms with E-state index in [-0.39, 0.29) is 24.5 Å². The van der Waals surface area contributed by atoms with Crippen LogP contribution in [0.2, 0.25) is 0 Å². The van der Waals surface area contributed by atoms with Crippen LogP contribution in [0.3, 0.4) is 0 Å². The quantitative estimate of drug-likeness (QED) is 0.646. The fourth-order valence-electron chi connectivity index (χ4n) is 3.46. The first-order chi connectivity index (χ1) is 15.0. The Bertz CT molecular complexity index is 1250. The molecule has 0 saturated heterocycles. The highest BCUT2D eigenvalue weighted by Gasteiger charge is 2.33. The zero-order chi connectivity index (χ0) is 22.0. The SMILES string of the molecule is CN(C(=O)C1CC(c2ccccc2)=NO1)c1c(N)n(Cc2ccccc2)c(=O)[nH]c1=O. The van der Waals surface area contributed by atoms with Crippen LogP contribution in [-0.4, -0.2) is 34.3 Å². The smallest absolute Gasteiger partial charge is 0.330 e. The third kappa shape index (κ3) is 3.97. The van der Waals surface area contributed by atoms with Crippen LogP contribution < -0.4 is 21.9 Å². The second-order valence-corrected chi connectivity index (χ2v) is 7.16. The molecule has 2 heterocycles. The third-order valence-corrected chi connectivity index (χ3v) is 5.11. The molecule has 1 aromatic heterocycles. The predicted molar refractivity (Wildman–Crippen MR) is 117 cm³/mol. The Hall–Kier alpha value is -4.14. The number of H-pyrrole nitrogens is 1. The Labute approximate surface area is 177 Å². The Morgan fingerprint density at radius 2 is 1.81 bits per heavy atom. The van der Waals surface area contributed by atoms with Gasteiger partial charge in [-0.2, -0.15) is 0 Å². The van der Waals surface area contributed by atoms with Gasteiger partial charge in [-0.3, -0.25) is 19.1 Å². The van der Waals surface area contributed by atoms with E-state index in [1.807, 2.05) is 60.7 Å². The van der Waals surface area contributed by atoms with E-state index in [4.69, 9.17) is 10.6 Å².